The molecular weight excluding hydrogens is 464 g/mol. The van der Waals surface area contributed by atoms with Crippen molar-refractivity contribution in [3.63, 3.8) is 0 Å². The fraction of sp³-hybridized carbons (Fsp3) is 0.0714. The third kappa shape index (κ3) is 3.12. The van der Waals surface area contributed by atoms with Crippen LogP contribution in [0.1, 0.15) is 17.3 Å². The van der Waals surface area contributed by atoms with Crippen molar-refractivity contribution in [2.45, 2.75) is 6.92 Å². The molecule has 0 saturated heterocycles. The van der Waals surface area contributed by atoms with Gasteiger partial charge in [-0.25, -0.2) is 0 Å². The number of carbonyl (C=O) groups is 1. The number of carbonyl (C=O) groups excluding carboxylic acids is 1. The Hall–Kier alpha value is -0.427. The van der Waals surface area contributed by atoms with Crippen LogP contribution < -0.4 is 6.54 Å². The van der Waals surface area contributed by atoms with Crippen LogP contribution in [-0.4, -0.2) is 26.3 Å². The van der Waals surface area contributed by atoms with Crippen molar-refractivity contribution in [2.75, 3.05) is 0 Å². The van der Waals surface area contributed by atoms with E-state index in [0.717, 1.165) is 12.1 Å². The summed E-state index contributed by atoms with van der Waals surface area (Å²) in [6, 6.07) is 15.2. The van der Waals surface area contributed by atoms with Gasteiger partial charge in [0, 0.05) is 0 Å². The zero-order valence-electron chi connectivity index (χ0n) is 9.73. The van der Waals surface area contributed by atoms with Crippen molar-refractivity contribution in [3.05, 3.63) is 59.1 Å². The molecule has 0 bridgehead atoms. The van der Waals surface area contributed by atoms with Crippen LogP contribution in [0.25, 0.3) is 0 Å². The van der Waals surface area contributed by atoms with Crippen molar-refractivity contribution in [3.8, 4) is 0 Å². The van der Waals surface area contributed by atoms with Gasteiger partial charge in [0.2, 0.25) is 0 Å². The molecule has 0 aliphatic heterocycles. The molecule has 0 amide bonds. The van der Waals surface area contributed by atoms with Crippen LogP contribution in [0.5, 0.6) is 0 Å². The van der Waals surface area contributed by atoms with Gasteiger partial charge in [0.1, 0.15) is 0 Å². The minimum atomic E-state index is -2.54. The molecule has 0 saturated carbocycles. The van der Waals surface area contributed by atoms with Crippen LogP contribution in [0.3, 0.4) is 0 Å². The van der Waals surface area contributed by atoms with Crippen molar-refractivity contribution < 1.29 is 4.79 Å². The van der Waals surface area contributed by atoms with Gasteiger partial charge in [-0.2, -0.15) is 0 Å². The molecule has 1 nitrogen and oxygen atoms in total. The standard InChI is InChI=1S/C8H7O.C6H4Cl.Bi.ClH/c1-7(9)8-5-3-2-4-6-8;7-6-4-2-1-3-5-6;;/h2-5H,1H3;2-5H;;1H/q;;+1;/p-1. The Kier molecular flexibility index (Phi) is 4.78. The summed E-state index contributed by atoms with van der Waals surface area (Å²) in [6.45, 7) is 1.58. The molecule has 2 aromatic rings. The van der Waals surface area contributed by atoms with Crippen molar-refractivity contribution in [1.82, 2.24) is 0 Å². The number of benzene rings is 2. The van der Waals surface area contributed by atoms with Crippen molar-refractivity contribution in [2.24, 2.45) is 0 Å². The summed E-state index contributed by atoms with van der Waals surface area (Å²) in [4.78, 5) is 11.6. The second-order valence-corrected chi connectivity index (χ2v) is 13.3. The van der Waals surface area contributed by atoms with Gasteiger partial charge in [-0.15, -0.1) is 0 Å². The maximum atomic E-state index is 11.6. The van der Waals surface area contributed by atoms with E-state index < -0.39 is 20.6 Å². The van der Waals surface area contributed by atoms with E-state index >= 15 is 0 Å². The number of Topliss-reactive ketones (excluding diaryl/α,β-unsaturated/α-hetero) is 1. The first-order valence-corrected chi connectivity index (χ1v) is 13.5. The molecule has 2 aromatic carbocycles. The van der Waals surface area contributed by atoms with E-state index in [9.17, 15) is 4.79 Å². The summed E-state index contributed by atoms with van der Waals surface area (Å²) in [7, 11) is 6.64. The van der Waals surface area contributed by atoms with E-state index in [0.29, 0.717) is 5.02 Å². The van der Waals surface area contributed by atoms with Crippen LogP contribution in [0, 0.1) is 0 Å². The molecule has 18 heavy (non-hydrogen) atoms. The van der Waals surface area contributed by atoms with Crippen molar-refractivity contribution >= 4 is 53.0 Å². The molecule has 0 aliphatic carbocycles. The quantitative estimate of drug-likeness (QED) is 0.494. The van der Waals surface area contributed by atoms with Gasteiger partial charge in [0.25, 0.3) is 0 Å². The fourth-order valence-electron chi connectivity index (χ4n) is 1.65. The van der Waals surface area contributed by atoms with Gasteiger partial charge in [-0.05, 0) is 0 Å². The van der Waals surface area contributed by atoms with Crippen molar-refractivity contribution in [1.29, 1.82) is 0 Å². The first-order chi connectivity index (χ1) is 8.59. The number of halogens is 2. The third-order valence-electron chi connectivity index (χ3n) is 2.55. The first kappa shape index (κ1) is 14.0. The van der Waals surface area contributed by atoms with Gasteiger partial charge < -0.3 is 0 Å². The predicted octanol–water partition coefficient (Wildman–Crippen LogP) is 2.89. The number of rotatable bonds is 3. The number of hydrogen-bond donors (Lipinski definition) is 0. The van der Waals surface area contributed by atoms with Crippen LogP contribution in [0.2, 0.25) is 5.02 Å². The second-order valence-electron chi connectivity index (χ2n) is 3.83. The Balaban J connectivity index is 2.42. The zero-order valence-corrected chi connectivity index (χ0v) is 14.7. The van der Waals surface area contributed by atoms with Crippen LogP contribution in [0.4, 0.5) is 0 Å². The molecular formula is C14H11BiCl2O. The molecule has 0 N–H and O–H groups in total. The SMILES string of the molecule is CC(=O)c1cccc[c]1[Bi]([Cl])[c]1ccc(Cl)cc1. The second kappa shape index (κ2) is 6.15. The summed E-state index contributed by atoms with van der Waals surface area (Å²) in [6.07, 6.45) is 0. The summed E-state index contributed by atoms with van der Waals surface area (Å²) in [5, 5.41) is 0.702. The topological polar surface area (TPSA) is 17.1 Å². The van der Waals surface area contributed by atoms with E-state index in [-0.39, 0.29) is 5.78 Å². The summed E-state index contributed by atoms with van der Waals surface area (Å²) in [5.41, 5.74) is 0.750. The molecule has 0 fully saturated rings. The normalized spacial score (nSPS) is 10.7. The molecule has 4 heteroatoms. The Labute approximate surface area is 123 Å². The molecule has 0 atom stereocenters. The van der Waals surface area contributed by atoms with Crippen LogP contribution >= 0.6 is 20.1 Å². The number of hydrogen-bond acceptors (Lipinski definition) is 1. The van der Waals surface area contributed by atoms with E-state index in [4.69, 9.17) is 20.1 Å². The Morgan fingerprint density at radius 3 is 2.28 bits per heavy atom. The molecule has 0 aliphatic rings. The van der Waals surface area contributed by atoms with E-state index in [1.54, 1.807) is 6.92 Å². The average Bonchev–Trinajstić information content (AvgIpc) is 2.39. The summed E-state index contributed by atoms with van der Waals surface area (Å²) in [5.74, 6) is 0.0696. The predicted molar refractivity (Wildman–Crippen MR) is 78.8 cm³/mol. The van der Waals surface area contributed by atoms with E-state index in [1.807, 2.05) is 48.5 Å². The Morgan fingerprint density at radius 2 is 1.67 bits per heavy atom. The monoisotopic (exact) mass is 474 g/mol. The molecule has 2 rings (SSSR count). The zero-order chi connectivity index (χ0) is 13.1. The first-order valence-electron chi connectivity index (χ1n) is 5.41. The van der Waals surface area contributed by atoms with Gasteiger partial charge in [0.15, 0.2) is 0 Å². The van der Waals surface area contributed by atoms with Gasteiger partial charge in [0.05, 0.1) is 0 Å². The average molecular weight is 475 g/mol. The van der Waals surface area contributed by atoms with E-state index in [1.165, 1.54) is 0 Å². The maximum absolute atomic E-state index is 11.6. The van der Waals surface area contributed by atoms with Crippen LogP contribution in [0.15, 0.2) is 48.5 Å². The van der Waals surface area contributed by atoms with Crippen LogP contribution in [-0.2, 0) is 0 Å². The van der Waals surface area contributed by atoms with Gasteiger partial charge in [-0.3, -0.25) is 0 Å². The molecule has 0 radical (unpaired) electrons. The molecule has 0 spiro atoms. The molecule has 92 valence electrons. The van der Waals surface area contributed by atoms with E-state index in [2.05, 4.69) is 0 Å². The fourth-order valence-corrected chi connectivity index (χ4v) is 9.31. The molecule has 0 aromatic heterocycles. The third-order valence-corrected chi connectivity index (χ3v) is 12.2. The Morgan fingerprint density at radius 1 is 1.06 bits per heavy atom. The molecule has 0 unspecified atom stereocenters. The number of ketones is 1. The molecule has 0 heterocycles. The Bertz CT molecular complexity index is 566. The summed E-state index contributed by atoms with van der Waals surface area (Å²) < 4.78 is 2.16. The minimum absolute atomic E-state index is 0.0696. The summed E-state index contributed by atoms with van der Waals surface area (Å²) >= 11 is 3.33. The van der Waals surface area contributed by atoms with Gasteiger partial charge in [-0.1, -0.05) is 0 Å². The van der Waals surface area contributed by atoms with Gasteiger partial charge >= 0.3 is 124 Å².